The summed E-state index contributed by atoms with van der Waals surface area (Å²) in [5, 5.41) is 19.6. The first-order valence-electron chi connectivity index (χ1n) is 20.1. The van der Waals surface area contributed by atoms with Crippen molar-refractivity contribution in [3.8, 4) is 5.75 Å². The van der Waals surface area contributed by atoms with E-state index in [1.54, 1.807) is 50.9 Å². The van der Waals surface area contributed by atoms with Gasteiger partial charge in [-0.05, 0) is 70.4 Å². The van der Waals surface area contributed by atoms with Crippen molar-refractivity contribution < 1.29 is 52.8 Å². The lowest BCUT2D eigenvalue weighted by atomic mass is 9.83. The first kappa shape index (κ1) is 55.1. The molecular weight excluding hydrogens is 832 g/mol. The van der Waals surface area contributed by atoms with Crippen molar-refractivity contribution in [2.45, 2.75) is 109 Å². The Hall–Kier alpha value is -3.91. The van der Waals surface area contributed by atoms with Crippen LogP contribution in [-0.2, 0) is 44.5 Å². The van der Waals surface area contributed by atoms with E-state index in [1.165, 1.54) is 41.0 Å². The Morgan fingerprint density at radius 1 is 1.18 bits per heavy atom. The SMILES string of the molecule is CCCCN.CNC(=O)CC(OC(=O)C(C)N(C)C(=O)CNC(=O)CN)C1(C)OC1C(C)C1CC(O)(C(/C=C/C=C(\C)Cc2ccc(Cl)c(OC)c2)OC)NC(=O)O1.CSC. The molecule has 8 atom stereocenters. The third-order valence-corrected chi connectivity index (χ3v) is 10.5. The van der Waals surface area contributed by atoms with Crippen molar-refractivity contribution in [2.24, 2.45) is 17.4 Å². The fourth-order valence-electron chi connectivity index (χ4n) is 6.31. The Kier molecular flexibility index (Phi) is 24.6. The summed E-state index contributed by atoms with van der Waals surface area (Å²) >= 11 is 7.89. The first-order valence-corrected chi connectivity index (χ1v) is 22.1. The van der Waals surface area contributed by atoms with Crippen LogP contribution in [0.4, 0.5) is 4.79 Å². The van der Waals surface area contributed by atoms with Gasteiger partial charge in [0, 0.05) is 33.5 Å². The Morgan fingerprint density at radius 3 is 2.38 bits per heavy atom. The number of nitrogens with one attached hydrogen (secondary N) is 3. The van der Waals surface area contributed by atoms with E-state index < -0.39 is 77.5 Å². The van der Waals surface area contributed by atoms with Crippen LogP contribution in [0.5, 0.6) is 5.75 Å². The normalized spacial score (nSPS) is 22.6. The van der Waals surface area contributed by atoms with Gasteiger partial charge in [-0.25, -0.2) is 9.59 Å². The minimum Gasteiger partial charge on any atom is -0.495 e. The topological polar surface area (TPSA) is 246 Å². The number of allylic oxidation sites excluding steroid dienone is 3. The fourth-order valence-corrected chi connectivity index (χ4v) is 6.51. The smallest absolute Gasteiger partial charge is 0.409 e. The van der Waals surface area contributed by atoms with E-state index in [2.05, 4.69) is 22.9 Å². The van der Waals surface area contributed by atoms with Crippen molar-refractivity contribution in [2.75, 3.05) is 60.5 Å². The summed E-state index contributed by atoms with van der Waals surface area (Å²) in [6, 6.07) is 4.45. The molecule has 3 rings (SSSR count). The van der Waals surface area contributed by atoms with Gasteiger partial charge in [-0.3, -0.25) is 19.7 Å². The molecule has 346 valence electrons. The van der Waals surface area contributed by atoms with Gasteiger partial charge in [-0.15, -0.1) is 0 Å². The van der Waals surface area contributed by atoms with Gasteiger partial charge >= 0.3 is 12.1 Å². The van der Waals surface area contributed by atoms with Gasteiger partial charge in [0.15, 0.2) is 5.72 Å². The number of halogens is 1. The minimum atomic E-state index is -1.86. The van der Waals surface area contributed by atoms with Crippen LogP contribution in [0, 0.1) is 5.92 Å². The molecule has 8 N–H and O–H groups in total. The van der Waals surface area contributed by atoms with Gasteiger partial charge in [0.1, 0.15) is 35.7 Å². The number of esters is 1. The van der Waals surface area contributed by atoms with Crippen LogP contribution in [-0.4, -0.2) is 142 Å². The second-order valence-electron chi connectivity index (χ2n) is 15.0. The summed E-state index contributed by atoms with van der Waals surface area (Å²) in [6.45, 7) is 9.13. The van der Waals surface area contributed by atoms with E-state index in [-0.39, 0.29) is 25.9 Å². The molecule has 2 saturated heterocycles. The number of amides is 4. The molecule has 2 fully saturated rings. The number of nitrogens with two attached hydrogens (primary N) is 2. The largest absolute Gasteiger partial charge is 0.495 e. The summed E-state index contributed by atoms with van der Waals surface area (Å²) < 4.78 is 28.4. The van der Waals surface area contributed by atoms with Crippen LogP contribution in [0.25, 0.3) is 0 Å². The van der Waals surface area contributed by atoms with Crippen molar-refractivity contribution in [1.82, 2.24) is 20.9 Å². The van der Waals surface area contributed by atoms with Crippen LogP contribution < -0.4 is 32.2 Å². The molecule has 0 spiro atoms. The number of alkyl carbamates (subject to hydrolysis) is 1. The van der Waals surface area contributed by atoms with Gasteiger partial charge < -0.3 is 55.8 Å². The number of methoxy groups -OCH3 is 2. The Labute approximate surface area is 370 Å². The number of ether oxygens (including phenoxy) is 5. The number of unbranched alkanes of at least 4 members (excludes halogenated alkanes) is 1. The molecular formula is C42H69ClN6O11S. The third kappa shape index (κ3) is 17.4. The predicted octanol–water partition coefficient (Wildman–Crippen LogP) is 3.08. The van der Waals surface area contributed by atoms with Gasteiger partial charge in [-0.2, -0.15) is 11.8 Å². The number of hydrogen-bond acceptors (Lipinski definition) is 14. The van der Waals surface area contributed by atoms with E-state index in [0.29, 0.717) is 17.2 Å². The monoisotopic (exact) mass is 900 g/mol. The number of epoxide rings is 1. The molecule has 0 radical (unpaired) electrons. The second-order valence-corrected chi connectivity index (χ2v) is 16.2. The van der Waals surface area contributed by atoms with Crippen LogP contribution >= 0.6 is 23.4 Å². The molecule has 19 heteroatoms. The van der Waals surface area contributed by atoms with E-state index in [4.69, 9.17) is 46.8 Å². The van der Waals surface area contributed by atoms with Crippen molar-refractivity contribution in [1.29, 1.82) is 0 Å². The lowest BCUT2D eigenvalue weighted by molar-refractivity contribution is -0.162. The average Bonchev–Trinajstić information content (AvgIpc) is 3.93. The molecule has 0 saturated carbocycles. The van der Waals surface area contributed by atoms with E-state index in [1.807, 2.05) is 37.6 Å². The number of likely N-dealkylation sites (N-methyl/N-ethyl adjacent to an activating group) is 1. The molecule has 17 nitrogen and oxygen atoms in total. The highest BCUT2D eigenvalue weighted by Crippen LogP contribution is 2.48. The van der Waals surface area contributed by atoms with Gasteiger partial charge in [0.25, 0.3) is 0 Å². The number of rotatable bonds is 20. The number of thioether (sulfide) groups is 1. The number of aliphatic hydroxyl groups is 1. The lowest BCUT2D eigenvalue weighted by Crippen LogP contribution is -2.63. The molecule has 1 aromatic carbocycles. The average molecular weight is 902 g/mol. The van der Waals surface area contributed by atoms with Crippen LogP contribution in [0.15, 0.2) is 42.0 Å². The Balaban J connectivity index is 0.00000213. The van der Waals surface area contributed by atoms with Crippen LogP contribution in [0.2, 0.25) is 5.02 Å². The summed E-state index contributed by atoms with van der Waals surface area (Å²) in [5.74, 6) is -2.30. The maximum atomic E-state index is 13.3. The van der Waals surface area contributed by atoms with E-state index in [0.717, 1.165) is 22.6 Å². The molecule has 2 aliphatic heterocycles. The number of carbonyl (C=O) groups is 5. The number of cyclic esters (lactones) is 1. The van der Waals surface area contributed by atoms with Crippen molar-refractivity contribution >= 4 is 53.1 Å². The number of benzene rings is 1. The predicted molar refractivity (Wildman–Crippen MR) is 237 cm³/mol. The second kappa shape index (κ2) is 27.2. The molecule has 0 aliphatic carbocycles. The zero-order valence-corrected chi connectivity index (χ0v) is 39.1. The molecule has 4 amide bonds. The van der Waals surface area contributed by atoms with Gasteiger partial charge in [-0.1, -0.05) is 61.7 Å². The minimum absolute atomic E-state index is 0.0868. The van der Waals surface area contributed by atoms with E-state index in [9.17, 15) is 29.1 Å². The standard InChI is InChI=1S/C36H52ClN5O11.C4H11N.C2H6S/c1-20(14-23-12-13-24(37)25(15-23)49-7)10-9-11-27(50-8)36(48)17-26(51-34(47)41-36)21(2)32-35(4,53-32)28(16-29(43)39-5)52-33(46)22(3)42(6)31(45)19-40-30(44)18-38;1-2-3-4-5;1-3-2/h9-13,15,21-22,26-28,32,48H,14,16-19,38H2,1-8H3,(H,39,43)(H,40,44)(H,41,47);2-5H2,1H3;1-2H3/b11-9+,20-10+;;. The fraction of sp³-hybridized carbons (Fsp3) is 0.643. The number of carbonyl (C=O) groups excluding carboxylic acids is 5. The van der Waals surface area contributed by atoms with Crippen LogP contribution in [0.1, 0.15) is 65.9 Å². The summed E-state index contributed by atoms with van der Waals surface area (Å²) in [4.78, 5) is 63.7. The zero-order chi connectivity index (χ0) is 46.5. The molecule has 61 heavy (non-hydrogen) atoms. The van der Waals surface area contributed by atoms with Crippen molar-refractivity contribution in [3.63, 3.8) is 0 Å². The van der Waals surface area contributed by atoms with Gasteiger partial charge in [0.2, 0.25) is 17.7 Å². The number of hydrogen-bond donors (Lipinski definition) is 6. The number of nitrogens with zero attached hydrogens (tertiary/aromatic N) is 1. The quantitative estimate of drug-likeness (QED) is 0.0626. The Bertz CT molecular complexity index is 1650. The highest BCUT2D eigenvalue weighted by Gasteiger charge is 2.64. The highest BCUT2D eigenvalue weighted by atomic mass is 35.5. The van der Waals surface area contributed by atoms with Gasteiger partial charge in [0.05, 0.1) is 37.7 Å². The van der Waals surface area contributed by atoms with Crippen molar-refractivity contribution in [3.05, 3.63) is 52.6 Å². The summed E-state index contributed by atoms with van der Waals surface area (Å²) in [7, 11) is 5.77. The summed E-state index contributed by atoms with van der Waals surface area (Å²) in [6.07, 6.45) is 7.49. The molecule has 0 aromatic heterocycles. The molecule has 2 aliphatic rings. The van der Waals surface area contributed by atoms with E-state index >= 15 is 0 Å². The van der Waals surface area contributed by atoms with Crippen LogP contribution in [0.3, 0.4) is 0 Å². The summed E-state index contributed by atoms with van der Waals surface area (Å²) in [5.41, 5.74) is 9.34. The maximum Gasteiger partial charge on any atom is 0.409 e. The first-order chi connectivity index (χ1) is 28.7. The maximum absolute atomic E-state index is 13.3. The molecule has 1 aromatic rings. The zero-order valence-electron chi connectivity index (χ0n) is 37.5. The molecule has 2 heterocycles. The molecule has 8 unspecified atom stereocenters. The third-order valence-electron chi connectivity index (χ3n) is 10.2. The highest BCUT2D eigenvalue weighted by molar-refractivity contribution is 7.97. The Morgan fingerprint density at radius 2 is 1.84 bits per heavy atom. The lowest BCUT2D eigenvalue weighted by Gasteiger charge is -2.42. The molecule has 0 bridgehead atoms.